The highest BCUT2D eigenvalue weighted by molar-refractivity contribution is 7.05. The van der Waals surface area contributed by atoms with Gasteiger partial charge in [-0.05, 0) is 36.5 Å². The van der Waals surface area contributed by atoms with Crippen molar-refractivity contribution >= 4 is 11.5 Å². The number of hydrogen-bond acceptors (Lipinski definition) is 7. The zero-order valence-electron chi connectivity index (χ0n) is 11.0. The van der Waals surface area contributed by atoms with Crippen LogP contribution in [0.4, 0.5) is 0 Å². The Kier molecular flexibility index (Phi) is 4.78. The molecular weight excluding hydrogens is 262 g/mol. The van der Waals surface area contributed by atoms with Gasteiger partial charge in [0.1, 0.15) is 5.75 Å². The number of nitrogens with two attached hydrogens (primary N) is 1. The van der Waals surface area contributed by atoms with Crippen molar-refractivity contribution in [3.8, 4) is 5.75 Å². The van der Waals surface area contributed by atoms with Gasteiger partial charge in [-0.15, -0.1) is 5.10 Å². The average Bonchev–Trinajstić information content (AvgIpc) is 2.89. The minimum Gasteiger partial charge on any atom is -0.492 e. The molecule has 0 aliphatic carbocycles. The summed E-state index contributed by atoms with van der Waals surface area (Å²) in [7, 11) is 0. The molecule has 6 nitrogen and oxygen atoms in total. The first kappa shape index (κ1) is 13.9. The Hall–Kier alpha value is -1.57. The summed E-state index contributed by atoms with van der Waals surface area (Å²) in [5, 5.41) is 4.11. The highest BCUT2D eigenvalue weighted by Crippen LogP contribution is 2.28. The van der Waals surface area contributed by atoms with E-state index in [1.54, 1.807) is 12.4 Å². The fourth-order valence-electron chi connectivity index (χ4n) is 1.84. The van der Waals surface area contributed by atoms with Crippen molar-refractivity contribution in [3.05, 3.63) is 34.6 Å². The van der Waals surface area contributed by atoms with Crippen molar-refractivity contribution in [2.45, 2.75) is 26.3 Å². The van der Waals surface area contributed by atoms with E-state index < -0.39 is 0 Å². The molecule has 0 spiro atoms. The van der Waals surface area contributed by atoms with E-state index in [1.165, 1.54) is 11.5 Å². The van der Waals surface area contributed by atoms with Gasteiger partial charge in [-0.2, -0.15) is 0 Å². The van der Waals surface area contributed by atoms with Crippen molar-refractivity contribution in [2.24, 2.45) is 5.84 Å². The number of hydrazine groups is 1. The third-order valence-electron chi connectivity index (χ3n) is 2.73. The molecule has 2 rings (SSSR count). The van der Waals surface area contributed by atoms with E-state index in [0.29, 0.717) is 6.61 Å². The summed E-state index contributed by atoms with van der Waals surface area (Å²) >= 11 is 1.35. The summed E-state index contributed by atoms with van der Waals surface area (Å²) in [6, 6.07) is 1.77. The van der Waals surface area contributed by atoms with Gasteiger partial charge in [0, 0.05) is 6.20 Å². The van der Waals surface area contributed by atoms with Gasteiger partial charge >= 0.3 is 0 Å². The quantitative estimate of drug-likeness (QED) is 0.615. The van der Waals surface area contributed by atoms with E-state index >= 15 is 0 Å². The second-order valence-corrected chi connectivity index (χ2v) is 4.71. The van der Waals surface area contributed by atoms with Gasteiger partial charge in [-0.25, -0.2) is 5.43 Å². The number of aryl methyl sites for hydroxylation is 1. The second kappa shape index (κ2) is 6.55. The smallest absolute Gasteiger partial charge is 0.137 e. The molecule has 7 heteroatoms. The largest absolute Gasteiger partial charge is 0.492 e. The van der Waals surface area contributed by atoms with Gasteiger partial charge in [0.25, 0.3) is 0 Å². The van der Waals surface area contributed by atoms with E-state index in [9.17, 15) is 0 Å². The molecule has 3 N–H and O–H groups in total. The van der Waals surface area contributed by atoms with Crippen LogP contribution in [-0.4, -0.2) is 21.2 Å². The lowest BCUT2D eigenvalue weighted by molar-refractivity contribution is 0.338. The van der Waals surface area contributed by atoms with Crippen LogP contribution in [0.25, 0.3) is 0 Å². The maximum absolute atomic E-state index is 5.68. The van der Waals surface area contributed by atoms with Gasteiger partial charge in [-0.1, -0.05) is 11.4 Å². The predicted octanol–water partition coefficient (Wildman–Crippen LogP) is 1.45. The van der Waals surface area contributed by atoms with Gasteiger partial charge in [0.05, 0.1) is 29.4 Å². The molecule has 1 atom stereocenters. The number of hydrogen-bond donors (Lipinski definition) is 2. The third-order valence-corrected chi connectivity index (χ3v) is 3.56. The molecule has 0 aromatic carbocycles. The van der Waals surface area contributed by atoms with E-state index in [4.69, 9.17) is 10.6 Å². The molecule has 19 heavy (non-hydrogen) atoms. The van der Waals surface area contributed by atoms with Crippen molar-refractivity contribution in [2.75, 3.05) is 6.61 Å². The SMILES string of the molecule is CCOc1cncc(C(NN)c2snnc2CC)c1. The molecule has 1 unspecified atom stereocenters. The zero-order chi connectivity index (χ0) is 13.7. The Morgan fingerprint density at radius 1 is 1.42 bits per heavy atom. The molecule has 0 aliphatic rings. The van der Waals surface area contributed by atoms with E-state index in [2.05, 4.69) is 20.0 Å². The minimum atomic E-state index is -0.164. The van der Waals surface area contributed by atoms with Crippen molar-refractivity contribution in [1.82, 2.24) is 20.0 Å². The van der Waals surface area contributed by atoms with Crippen LogP contribution in [-0.2, 0) is 6.42 Å². The maximum atomic E-state index is 5.68. The zero-order valence-corrected chi connectivity index (χ0v) is 11.8. The summed E-state index contributed by atoms with van der Waals surface area (Å²) in [6.07, 6.45) is 4.28. The summed E-state index contributed by atoms with van der Waals surface area (Å²) in [5.74, 6) is 6.41. The Morgan fingerprint density at radius 2 is 2.26 bits per heavy atom. The minimum absolute atomic E-state index is 0.164. The normalized spacial score (nSPS) is 12.4. The predicted molar refractivity (Wildman–Crippen MR) is 73.9 cm³/mol. The van der Waals surface area contributed by atoms with Crippen LogP contribution in [0.15, 0.2) is 18.5 Å². The van der Waals surface area contributed by atoms with Gasteiger partial charge < -0.3 is 4.74 Å². The lowest BCUT2D eigenvalue weighted by Crippen LogP contribution is -2.29. The number of ether oxygens (including phenoxy) is 1. The summed E-state index contributed by atoms with van der Waals surface area (Å²) in [5.41, 5.74) is 4.69. The number of pyridine rings is 1. The fraction of sp³-hybridized carbons (Fsp3) is 0.417. The van der Waals surface area contributed by atoms with Crippen molar-refractivity contribution < 1.29 is 4.74 Å². The summed E-state index contributed by atoms with van der Waals surface area (Å²) in [4.78, 5) is 5.20. The van der Waals surface area contributed by atoms with Crippen molar-refractivity contribution in [1.29, 1.82) is 0 Å². The van der Waals surface area contributed by atoms with E-state index in [0.717, 1.165) is 28.3 Å². The number of aromatic nitrogens is 3. The third kappa shape index (κ3) is 3.06. The number of nitrogens with one attached hydrogen (secondary N) is 1. The first-order valence-electron chi connectivity index (χ1n) is 6.15. The average molecular weight is 279 g/mol. The van der Waals surface area contributed by atoms with Crippen LogP contribution in [0.3, 0.4) is 0 Å². The molecule has 0 fully saturated rings. The monoisotopic (exact) mass is 279 g/mol. The van der Waals surface area contributed by atoms with Crippen LogP contribution >= 0.6 is 11.5 Å². The van der Waals surface area contributed by atoms with Crippen LogP contribution < -0.4 is 16.0 Å². The lowest BCUT2D eigenvalue weighted by Gasteiger charge is -2.15. The Labute approximate surface area is 116 Å². The Morgan fingerprint density at radius 3 is 2.95 bits per heavy atom. The van der Waals surface area contributed by atoms with E-state index in [-0.39, 0.29) is 6.04 Å². The Bertz CT molecular complexity index is 530. The van der Waals surface area contributed by atoms with Gasteiger partial charge in [0.15, 0.2) is 0 Å². The molecule has 2 heterocycles. The number of rotatable bonds is 6. The lowest BCUT2D eigenvalue weighted by atomic mass is 10.1. The maximum Gasteiger partial charge on any atom is 0.137 e. The van der Waals surface area contributed by atoms with Gasteiger partial charge in [0.2, 0.25) is 0 Å². The van der Waals surface area contributed by atoms with Crippen LogP contribution in [0.5, 0.6) is 5.75 Å². The molecule has 0 saturated carbocycles. The molecule has 0 radical (unpaired) electrons. The standard InChI is InChI=1S/C12H17N5OS/c1-3-10-12(19-17-16-10)11(15-13)8-5-9(18-4-2)7-14-6-8/h5-7,11,15H,3-4,13H2,1-2H3. The second-order valence-electron chi connectivity index (χ2n) is 3.92. The molecule has 0 aliphatic heterocycles. The highest BCUT2D eigenvalue weighted by Gasteiger charge is 2.20. The molecule has 2 aromatic rings. The molecular formula is C12H17N5OS. The molecule has 0 amide bonds. The highest BCUT2D eigenvalue weighted by atomic mass is 32.1. The number of nitrogens with zero attached hydrogens (tertiary/aromatic N) is 3. The van der Waals surface area contributed by atoms with Crippen molar-refractivity contribution in [3.63, 3.8) is 0 Å². The molecule has 0 bridgehead atoms. The van der Waals surface area contributed by atoms with Crippen LogP contribution in [0.2, 0.25) is 0 Å². The van der Waals surface area contributed by atoms with E-state index in [1.807, 2.05) is 19.9 Å². The van der Waals surface area contributed by atoms with Crippen LogP contribution in [0, 0.1) is 0 Å². The molecule has 0 saturated heterocycles. The molecule has 2 aromatic heterocycles. The first-order valence-corrected chi connectivity index (χ1v) is 6.92. The Balaban J connectivity index is 2.34. The van der Waals surface area contributed by atoms with Crippen LogP contribution in [0.1, 0.15) is 36.0 Å². The van der Waals surface area contributed by atoms with Gasteiger partial charge in [-0.3, -0.25) is 10.8 Å². The topological polar surface area (TPSA) is 86.0 Å². The molecule has 102 valence electrons. The first-order chi connectivity index (χ1) is 9.30. The fourth-order valence-corrected chi connectivity index (χ4v) is 2.67. The summed E-state index contributed by atoms with van der Waals surface area (Å²) < 4.78 is 9.45. The summed E-state index contributed by atoms with van der Waals surface area (Å²) in [6.45, 7) is 4.59.